The number of rotatable bonds is 6. The van der Waals surface area contributed by atoms with Crippen LogP contribution in [0.2, 0.25) is 5.02 Å². The summed E-state index contributed by atoms with van der Waals surface area (Å²) in [6, 6.07) is 14.6. The van der Waals surface area contributed by atoms with Crippen molar-refractivity contribution in [2.45, 2.75) is 13.8 Å². The second-order valence-electron chi connectivity index (χ2n) is 6.41. The van der Waals surface area contributed by atoms with Crippen LogP contribution in [0.15, 0.2) is 53.6 Å². The average molecular weight is 412 g/mol. The summed E-state index contributed by atoms with van der Waals surface area (Å²) >= 11 is 6.12. The maximum Gasteiger partial charge on any atom is 0.271 e. The molecule has 7 heteroatoms. The largest absolute Gasteiger partial charge is 0.493 e. The number of hydrogen-bond donors (Lipinski definition) is 1. The molecule has 1 heterocycles. The van der Waals surface area contributed by atoms with Crippen molar-refractivity contribution in [1.29, 1.82) is 0 Å². The SMILES string of the molecule is COc1ccc(C(=O)N/N=C\c2cc(C)n(-c3cccc(Cl)c3)c2C)cc1OC. The van der Waals surface area contributed by atoms with E-state index < -0.39 is 0 Å². The van der Waals surface area contributed by atoms with Crippen LogP contribution in [0.1, 0.15) is 27.3 Å². The normalized spacial score (nSPS) is 10.9. The molecule has 150 valence electrons. The highest BCUT2D eigenvalue weighted by molar-refractivity contribution is 6.30. The van der Waals surface area contributed by atoms with Crippen LogP contribution in [0.3, 0.4) is 0 Å². The van der Waals surface area contributed by atoms with Crippen molar-refractivity contribution in [2.24, 2.45) is 5.10 Å². The number of carbonyl (C=O) groups excluding carboxylic acids is 1. The van der Waals surface area contributed by atoms with Gasteiger partial charge in [-0.05, 0) is 56.3 Å². The van der Waals surface area contributed by atoms with Gasteiger partial charge in [-0.2, -0.15) is 5.10 Å². The quantitative estimate of drug-likeness (QED) is 0.478. The van der Waals surface area contributed by atoms with Crippen LogP contribution in [0, 0.1) is 13.8 Å². The van der Waals surface area contributed by atoms with Gasteiger partial charge in [0.05, 0.1) is 20.4 Å². The molecule has 0 bridgehead atoms. The van der Waals surface area contributed by atoms with E-state index in [2.05, 4.69) is 15.1 Å². The third-order valence-corrected chi connectivity index (χ3v) is 4.79. The topological polar surface area (TPSA) is 64.8 Å². The molecule has 0 saturated carbocycles. The lowest BCUT2D eigenvalue weighted by Crippen LogP contribution is -2.17. The number of aryl methyl sites for hydroxylation is 1. The summed E-state index contributed by atoms with van der Waals surface area (Å²) in [6.45, 7) is 4.00. The number of methoxy groups -OCH3 is 2. The summed E-state index contributed by atoms with van der Waals surface area (Å²) < 4.78 is 12.5. The second kappa shape index (κ2) is 8.84. The first-order chi connectivity index (χ1) is 13.9. The molecule has 0 saturated heterocycles. The first kappa shape index (κ1) is 20.5. The van der Waals surface area contributed by atoms with Gasteiger partial charge in [-0.15, -0.1) is 0 Å². The molecule has 3 aromatic rings. The molecule has 6 nitrogen and oxygen atoms in total. The van der Waals surface area contributed by atoms with Gasteiger partial charge in [-0.25, -0.2) is 5.43 Å². The van der Waals surface area contributed by atoms with Crippen molar-refractivity contribution in [3.63, 3.8) is 0 Å². The Kier molecular flexibility index (Phi) is 6.24. The molecule has 1 N–H and O–H groups in total. The Morgan fingerprint density at radius 1 is 1.07 bits per heavy atom. The van der Waals surface area contributed by atoms with E-state index in [1.807, 2.05) is 44.2 Å². The molecule has 3 rings (SSSR count). The van der Waals surface area contributed by atoms with Gasteiger partial charge in [0.25, 0.3) is 5.91 Å². The first-order valence-electron chi connectivity index (χ1n) is 8.95. The molecule has 1 amide bonds. The fourth-order valence-electron chi connectivity index (χ4n) is 3.13. The first-order valence-corrected chi connectivity index (χ1v) is 9.32. The van der Waals surface area contributed by atoms with Crippen molar-refractivity contribution < 1.29 is 14.3 Å². The minimum absolute atomic E-state index is 0.342. The third kappa shape index (κ3) is 4.43. The minimum atomic E-state index is -0.342. The van der Waals surface area contributed by atoms with Crippen LogP contribution in [0.5, 0.6) is 11.5 Å². The van der Waals surface area contributed by atoms with E-state index in [4.69, 9.17) is 21.1 Å². The molecule has 0 aliphatic rings. The van der Waals surface area contributed by atoms with E-state index in [-0.39, 0.29) is 5.91 Å². The van der Waals surface area contributed by atoms with Crippen molar-refractivity contribution in [3.05, 3.63) is 76.1 Å². The van der Waals surface area contributed by atoms with E-state index in [1.54, 1.807) is 31.5 Å². The third-order valence-electron chi connectivity index (χ3n) is 4.55. The zero-order valence-corrected chi connectivity index (χ0v) is 17.4. The van der Waals surface area contributed by atoms with Gasteiger partial charge in [0.15, 0.2) is 11.5 Å². The number of nitrogens with zero attached hydrogens (tertiary/aromatic N) is 2. The van der Waals surface area contributed by atoms with Crippen LogP contribution in [-0.4, -0.2) is 30.9 Å². The van der Waals surface area contributed by atoms with Crippen LogP contribution in [-0.2, 0) is 0 Å². The number of benzene rings is 2. The maximum atomic E-state index is 12.4. The number of aromatic nitrogens is 1. The van der Waals surface area contributed by atoms with Gasteiger partial charge in [0.1, 0.15) is 0 Å². The van der Waals surface area contributed by atoms with E-state index in [0.29, 0.717) is 22.1 Å². The van der Waals surface area contributed by atoms with Crippen molar-refractivity contribution in [3.8, 4) is 17.2 Å². The number of carbonyl (C=O) groups is 1. The molecule has 1 aromatic heterocycles. The fraction of sp³-hybridized carbons (Fsp3) is 0.182. The average Bonchev–Trinajstić information content (AvgIpc) is 3.00. The molecule has 0 spiro atoms. The van der Waals surface area contributed by atoms with Gasteiger partial charge in [0.2, 0.25) is 0 Å². The minimum Gasteiger partial charge on any atom is -0.493 e. The summed E-state index contributed by atoms with van der Waals surface area (Å²) in [6.07, 6.45) is 1.63. The molecule has 0 unspecified atom stereocenters. The summed E-state index contributed by atoms with van der Waals surface area (Å²) in [7, 11) is 3.06. The number of amides is 1. The van der Waals surface area contributed by atoms with Gasteiger partial charge in [-0.1, -0.05) is 17.7 Å². The smallest absolute Gasteiger partial charge is 0.271 e. The standard InChI is InChI=1S/C22H22ClN3O3/c1-14-10-17(15(2)26(14)19-7-5-6-18(23)12-19)13-24-25-22(27)16-8-9-20(28-3)21(11-16)29-4/h5-13H,1-4H3,(H,25,27)/b24-13-. The summed E-state index contributed by atoms with van der Waals surface area (Å²) in [5.74, 6) is 0.695. The van der Waals surface area contributed by atoms with Gasteiger partial charge in [0, 0.05) is 33.2 Å². The highest BCUT2D eigenvalue weighted by atomic mass is 35.5. The van der Waals surface area contributed by atoms with E-state index in [1.165, 1.54) is 7.11 Å². The fourth-order valence-corrected chi connectivity index (χ4v) is 3.32. The predicted octanol–water partition coefficient (Wildman–Crippen LogP) is 4.53. The second-order valence-corrected chi connectivity index (χ2v) is 6.85. The monoisotopic (exact) mass is 411 g/mol. The molecule has 0 radical (unpaired) electrons. The Morgan fingerprint density at radius 2 is 1.83 bits per heavy atom. The highest BCUT2D eigenvalue weighted by Crippen LogP contribution is 2.27. The highest BCUT2D eigenvalue weighted by Gasteiger charge is 2.12. The number of hydrazone groups is 1. The Balaban J connectivity index is 1.77. The molecule has 0 aliphatic heterocycles. The van der Waals surface area contributed by atoms with Crippen molar-refractivity contribution in [2.75, 3.05) is 14.2 Å². The van der Waals surface area contributed by atoms with Gasteiger partial charge >= 0.3 is 0 Å². The lowest BCUT2D eigenvalue weighted by molar-refractivity contribution is 0.0954. The number of ether oxygens (including phenoxy) is 2. The van der Waals surface area contributed by atoms with Gasteiger partial charge < -0.3 is 14.0 Å². The van der Waals surface area contributed by atoms with Gasteiger partial charge in [-0.3, -0.25) is 4.79 Å². The molecule has 0 aliphatic carbocycles. The molecule has 0 fully saturated rings. The Bertz CT molecular complexity index is 1070. The molecule has 29 heavy (non-hydrogen) atoms. The number of nitrogens with one attached hydrogen (secondary N) is 1. The van der Waals surface area contributed by atoms with E-state index in [0.717, 1.165) is 22.6 Å². The Labute approximate surface area is 174 Å². The summed E-state index contributed by atoms with van der Waals surface area (Å²) in [4.78, 5) is 12.4. The maximum absolute atomic E-state index is 12.4. The molecular formula is C22H22ClN3O3. The summed E-state index contributed by atoms with van der Waals surface area (Å²) in [5, 5.41) is 4.78. The zero-order chi connectivity index (χ0) is 21.0. The van der Waals surface area contributed by atoms with Crippen molar-refractivity contribution >= 4 is 23.7 Å². The van der Waals surface area contributed by atoms with Crippen molar-refractivity contribution in [1.82, 2.24) is 9.99 Å². The van der Waals surface area contributed by atoms with E-state index in [9.17, 15) is 4.79 Å². The predicted molar refractivity (Wildman–Crippen MR) is 115 cm³/mol. The molecule has 2 aromatic carbocycles. The van der Waals surface area contributed by atoms with Crippen LogP contribution in [0.25, 0.3) is 5.69 Å². The number of halogens is 1. The van der Waals surface area contributed by atoms with Crippen LogP contribution < -0.4 is 14.9 Å². The van der Waals surface area contributed by atoms with E-state index >= 15 is 0 Å². The lowest BCUT2D eigenvalue weighted by Gasteiger charge is -2.10. The Morgan fingerprint density at radius 3 is 2.52 bits per heavy atom. The molecular weight excluding hydrogens is 390 g/mol. The summed E-state index contributed by atoms with van der Waals surface area (Å²) in [5.41, 5.74) is 6.87. The number of hydrogen-bond acceptors (Lipinski definition) is 4. The van der Waals surface area contributed by atoms with Crippen LogP contribution in [0.4, 0.5) is 0 Å². The molecule has 0 atom stereocenters. The Hall–Kier alpha value is -3.25. The van der Waals surface area contributed by atoms with Crippen LogP contribution >= 0.6 is 11.6 Å². The lowest BCUT2D eigenvalue weighted by atomic mass is 10.2. The zero-order valence-electron chi connectivity index (χ0n) is 16.7.